The van der Waals surface area contributed by atoms with Crippen molar-refractivity contribution in [2.75, 3.05) is 7.05 Å². The van der Waals surface area contributed by atoms with Crippen LogP contribution in [0.1, 0.15) is 46.5 Å². The molecular weight excluding hydrogens is 512 g/mol. The Hall–Kier alpha value is -2.87. The van der Waals surface area contributed by atoms with E-state index in [-0.39, 0.29) is 31.9 Å². The van der Waals surface area contributed by atoms with Crippen molar-refractivity contribution in [1.29, 1.82) is 0 Å². The number of amides is 1. The van der Waals surface area contributed by atoms with Gasteiger partial charge in [0.15, 0.2) is 0 Å². The molecule has 0 unspecified atom stereocenters. The summed E-state index contributed by atoms with van der Waals surface area (Å²) in [6.07, 6.45) is 7.09. The molecule has 4 aromatic rings. The Labute approximate surface area is 224 Å². The van der Waals surface area contributed by atoms with Crippen LogP contribution in [0.4, 0.5) is 8.78 Å². The molecule has 1 amide bonds. The van der Waals surface area contributed by atoms with Crippen LogP contribution in [0.5, 0.6) is 0 Å². The highest BCUT2D eigenvalue weighted by molar-refractivity contribution is 7.21. The molecule has 2 heterocycles. The monoisotopic (exact) mass is 539 g/mol. The second-order valence-corrected chi connectivity index (χ2v) is 11.0. The predicted octanol–water partition coefficient (Wildman–Crippen LogP) is 7.38. The van der Waals surface area contributed by atoms with E-state index in [9.17, 15) is 13.6 Å². The van der Waals surface area contributed by atoms with Crippen LogP contribution in [0.15, 0.2) is 54.9 Å². The van der Waals surface area contributed by atoms with Crippen LogP contribution in [0.2, 0.25) is 5.02 Å². The molecule has 0 aliphatic heterocycles. The standard InChI is InChI=1S/C29H28ClF2N3OS/c1-17-3-4-19(18-11-13-34-14-12-18)15-20(17)16-35(22-7-5-21(33-2)6-8-22)29(36)28-26(30)25-23(31)9-10-24(32)27(25)37-28/h3-4,9-15,21-22,33H,5-8,16H2,1-2H3/t21-,22+. The molecule has 0 spiro atoms. The van der Waals surface area contributed by atoms with Gasteiger partial charge in [-0.25, -0.2) is 8.78 Å². The van der Waals surface area contributed by atoms with Crippen molar-refractivity contribution < 1.29 is 13.6 Å². The Balaban J connectivity index is 1.54. The first-order valence-corrected chi connectivity index (χ1v) is 13.6. The van der Waals surface area contributed by atoms with Crippen molar-refractivity contribution in [3.63, 3.8) is 0 Å². The lowest BCUT2D eigenvalue weighted by Gasteiger charge is -2.37. The molecular formula is C29H28ClF2N3OS. The van der Waals surface area contributed by atoms with Crippen LogP contribution in [0.25, 0.3) is 21.2 Å². The Kier molecular flexibility index (Phi) is 7.56. The summed E-state index contributed by atoms with van der Waals surface area (Å²) in [5.41, 5.74) is 4.17. The van der Waals surface area contributed by atoms with Gasteiger partial charge in [-0.2, -0.15) is 0 Å². The second-order valence-electron chi connectivity index (χ2n) is 9.58. The molecule has 1 aliphatic rings. The highest BCUT2D eigenvalue weighted by atomic mass is 35.5. The SMILES string of the molecule is CN[C@H]1CC[C@@H](N(Cc2cc(-c3ccncc3)ccc2C)C(=O)c2sc3c(F)ccc(F)c3c2Cl)CC1. The first-order valence-electron chi connectivity index (χ1n) is 12.4. The minimum absolute atomic E-state index is 0.00273. The van der Waals surface area contributed by atoms with E-state index in [0.717, 1.165) is 71.4 Å². The molecule has 37 heavy (non-hydrogen) atoms. The van der Waals surface area contributed by atoms with Crippen LogP contribution in [-0.4, -0.2) is 34.9 Å². The van der Waals surface area contributed by atoms with Crippen LogP contribution in [-0.2, 0) is 6.54 Å². The maximum Gasteiger partial charge on any atom is 0.266 e. The van der Waals surface area contributed by atoms with E-state index in [1.807, 2.05) is 31.0 Å². The number of aryl methyl sites for hydroxylation is 1. The lowest BCUT2D eigenvalue weighted by atomic mass is 9.89. The lowest BCUT2D eigenvalue weighted by Crippen LogP contribution is -2.44. The summed E-state index contributed by atoms with van der Waals surface area (Å²) in [5, 5.41) is 3.30. The zero-order chi connectivity index (χ0) is 26.1. The number of thiophene rings is 1. The number of halogens is 3. The fraction of sp³-hybridized carbons (Fsp3) is 0.310. The minimum atomic E-state index is -0.626. The van der Waals surface area contributed by atoms with Gasteiger partial charge in [0.2, 0.25) is 0 Å². The topological polar surface area (TPSA) is 45.2 Å². The molecule has 8 heteroatoms. The normalized spacial score (nSPS) is 17.8. The summed E-state index contributed by atoms with van der Waals surface area (Å²) in [5.74, 6) is -1.49. The zero-order valence-electron chi connectivity index (χ0n) is 20.7. The average molecular weight is 540 g/mol. The smallest absolute Gasteiger partial charge is 0.266 e. The fourth-order valence-corrected chi connectivity index (χ4v) is 6.66. The third-order valence-corrected chi connectivity index (χ3v) is 9.06. The average Bonchev–Trinajstić information content (AvgIpc) is 3.29. The summed E-state index contributed by atoms with van der Waals surface area (Å²) in [6.45, 7) is 2.41. The Morgan fingerprint density at radius 2 is 1.76 bits per heavy atom. The van der Waals surface area contributed by atoms with Gasteiger partial charge in [0.1, 0.15) is 16.5 Å². The van der Waals surface area contributed by atoms with E-state index in [1.54, 1.807) is 12.4 Å². The summed E-state index contributed by atoms with van der Waals surface area (Å²) < 4.78 is 29.2. The molecule has 0 saturated heterocycles. The van der Waals surface area contributed by atoms with Crippen molar-refractivity contribution in [2.45, 2.75) is 51.2 Å². The number of hydrogen-bond acceptors (Lipinski definition) is 4. The number of rotatable bonds is 6. The Morgan fingerprint density at radius 1 is 1.05 bits per heavy atom. The van der Waals surface area contributed by atoms with Gasteiger partial charge in [0.25, 0.3) is 5.91 Å². The first-order chi connectivity index (χ1) is 17.9. The molecule has 2 aromatic carbocycles. The minimum Gasteiger partial charge on any atom is -0.331 e. The molecule has 1 aliphatic carbocycles. The van der Waals surface area contributed by atoms with Gasteiger partial charge in [0, 0.05) is 31.0 Å². The van der Waals surface area contributed by atoms with Gasteiger partial charge < -0.3 is 10.2 Å². The predicted molar refractivity (Wildman–Crippen MR) is 146 cm³/mol. The van der Waals surface area contributed by atoms with Crippen LogP contribution in [0.3, 0.4) is 0 Å². The van der Waals surface area contributed by atoms with Crippen LogP contribution < -0.4 is 5.32 Å². The van der Waals surface area contributed by atoms with Crippen LogP contribution >= 0.6 is 22.9 Å². The number of aromatic nitrogens is 1. The summed E-state index contributed by atoms with van der Waals surface area (Å²) >= 11 is 7.47. The fourth-order valence-electron chi connectivity index (χ4n) is 5.16. The van der Waals surface area contributed by atoms with Gasteiger partial charge in [0.05, 0.1) is 15.1 Å². The van der Waals surface area contributed by atoms with E-state index in [4.69, 9.17) is 11.6 Å². The molecule has 1 fully saturated rings. The van der Waals surface area contributed by atoms with Gasteiger partial charge >= 0.3 is 0 Å². The molecule has 1 N–H and O–H groups in total. The van der Waals surface area contributed by atoms with Crippen LogP contribution in [0, 0.1) is 18.6 Å². The number of benzene rings is 2. The van der Waals surface area contributed by atoms with Crippen molar-refractivity contribution in [1.82, 2.24) is 15.2 Å². The third-order valence-electron chi connectivity index (χ3n) is 7.39. The molecule has 0 radical (unpaired) electrons. The number of fused-ring (bicyclic) bond motifs is 1. The van der Waals surface area contributed by atoms with Crippen molar-refractivity contribution in [2.24, 2.45) is 0 Å². The molecule has 2 aromatic heterocycles. The molecule has 192 valence electrons. The van der Waals surface area contributed by atoms with Crippen molar-refractivity contribution >= 4 is 38.9 Å². The highest BCUT2D eigenvalue weighted by Crippen LogP contribution is 2.40. The quantitative estimate of drug-likeness (QED) is 0.278. The first kappa shape index (κ1) is 25.8. The summed E-state index contributed by atoms with van der Waals surface area (Å²) in [7, 11) is 1.96. The highest BCUT2D eigenvalue weighted by Gasteiger charge is 2.32. The van der Waals surface area contributed by atoms with Gasteiger partial charge in [-0.1, -0.05) is 23.7 Å². The number of hydrogen-bond donors (Lipinski definition) is 1. The molecule has 4 nitrogen and oxygen atoms in total. The summed E-state index contributed by atoms with van der Waals surface area (Å²) in [4.78, 5) is 20.2. The third kappa shape index (κ3) is 5.13. The Bertz CT molecular complexity index is 1430. The van der Waals surface area contributed by atoms with Gasteiger partial charge in [-0.3, -0.25) is 9.78 Å². The van der Waals surface area contributed by atoms with Gasteiger partial charge in [-0.15, -0.1) is 11.3 Å². The van der Waals surface area contributed by atoms with Gasteiger partial charge in [-0.05, 0) is 92.2 Å². The molecule has 5 rings (SSSR count). The molecule has 1 saturated carbocycles. The van der Waals surface area contributed by atoms with Crippen molar-refractivity contribution in [3.8, 4) is 11.1 Å². The van der Waals surface area contributed by atoms with E-state index in [2.05, 4.69) is 28.5 Å². The maximum absolute atomic E-state index is 14.6. The number of carbonyl (C=O) groups is 1. The van der Waals surface area contributed by atoms with E-state index in [1.165, 1.54) is 0 Å². The maximum atomic E-state index is 14.6. The largest absolute Gasteiger partial charge is 0.331 e. The zero-order valence-corrected chi connectivity index (χ0v) is 22.3. The van der Waals surface area contributed by atoms with Crippen molar-refractivity contribution in [3.05, 3.63) is 87.5 Å². The number of pyridine rings is 1. The Morgan fingerprint density at radius 3 is 2.43 bits per heavy atom. The number of nitrogens with zero attached hydrogens (tertiary/aromatic N) is 2. The van der Waals surface area contributed by atoms with E-state index >= 15 is 0 Å². The number of carbonyl (C=O) groups excluding carboxylic acids is 1. The van der Waals surface area contributed by atoms with E-state index < -0.39 is 11.6 Å². The lowest BCUT2D eigenvalue weighted by molar-refractivity contribution is 0.0606. The second kappa shape index (κ2) is 10.9. The summed E-state index contributed by atoms with van der Waals surface area (Å²) in [6, 6.07) is 12.7. The van der Waals surface area contributed by atoms with E-state index in [0.29, 0.717) is 12.6 Å². The number of nitrogens with one attached hydrogen (secondary N) is 1. The molecule has 0 bridgehead atoms. The molecule has 0 atom stereocenters.